The molecule has 2 rings (SSSR count). The first kappa shape index (κ1) is 19.3. The van der Waals surface area contributed by atoms with Gasteiger partial charge in [0.05, 0.1) is 0 Å². The van der Waals surface area contributed by atoms with Crippen LogP contribution >= 0.6 is 0 Å². The van der Waals surface area contributed by atoms with E-state index in [1.165, 1.54) is 31.2 Å². The highest BCUT2D eigenvalue weighted by Crippen LogP contribution is 2.23. The Kier molecular flexibility index (Phi) is 7.76. The maximum atomic E-state index is 11.9. The molecule has 1 aliphatic rings. The molecule has 0 spiro atoms. The molecule has 2 unspecified atom stereocenters. The van der Waals surface area contributed by atoms with Gasteiger partial charge in [0, 0.05) is 26.7 Å². The lowest BCUT2D eigenvalue weighted by atomic mass is 9.87. The average Bonchev–Trinajstić information content (AvgIpc) is 2.60. The SMILES string of the molecule is CC1CCCC(NC(=NCC(=O)N(C)C)NCCc2ccccc2)C1. The van der Waals surface area contributed by atoms with Gasteiger partial charge in [-0.25, -0.2) is 4.99 Å². The number of aliphatic imine (C=N–C) groups is 1. The first-order valence-electron chi connectivity index (χ1n) is 9.33. The summed E-state index contributed by atoms with van der Waals surface area (Å²) in [6.07, 6.45) is 5.84. The van der Waals surface area contributed by atoms with Gasteiger partial charge >= 0.3 is 0 Å². The van der Waals surface area contributed by atoms with Gasteiger partial charge in [0.25, 0.3) is 0 Å². The Balaban J connectivity index is 1.90. The van der Waals surface area contributed by atoms with Crippen molar-refractivity contribution in [3.63, 3.8) is 0 Å². The molecule has 0 radical (unpaired) electrons. The Labute approximate surface area is 151 Å². The summed E-state index contributed by atoms with van der Waals surface area (Å²) in [6.45, 7) is 3.28. The molecule has 2 N–H and O–H groups in total. The molecule has 0 heterocycles. The van der Waals surface area contributed by atoms with E-state index in [1.54, 1.807) is 19.0 Å². The van der Waals surface area contributed by atoms with E-state index < -0.39 is 0 Å². The normalized spacial score (nSPS) is 20.8. The second-order valence-corrected chi connectivity index (χ2v) is 7.23. The van der Waals surface area contributed by atoms with Crippen molar-refractivity contribution >= 4 is 11.9 Å². The minimum Gasteiger partial charge on any atom is -0.356 e. The Hall–Kier alpha value is -2.04. The number of carbonyl (C=O) groups excluding carboxylic acids is 1. The zero-order chi connectivity index (χ0) is 18.1. The number of nitrogens with zero attached hydrogens (tertiary/aromatic N) is 2. The third-order valence-corrected chi connectivity index (χ3v) is 4.70. The predicted molar refractivity (Wildman–Crippen MR) is 104 cm³/mol. The number of likely N-dealkylation sites (N-methyl/N-ethyl adjacent to an activating group) is 1. The van der Waals surface area contributed by atoms with Crippen molar-refractivity contribution in [3.05, 3.63) is 35.9 Å². The zero-order valence-corrected chi connectivity index (χ0v) is 15.8. The highest BCUT2D eigenvalue weighted by Gasteiger charge is 2.19. The van der Waals surface area contributed by atoms with Gasteiger partial charge < -0.3 is 15.5 Å². The molecule has 5 heteroatoms. The fourth-order valence-corrected chi connectivity index (χ4v) is 3.17. The van der Waals surface area contributed by atoms with Crippen LogP contribution in [0.2, 0.25) is 0 Å². The summed E-state index contributed by atoms with van der Waals surface area (Å²) in [5.74, 6) is 1.52. The summed E-state index contributed by atoms with van der Waals surface area (Å²) >= 11 is 0. The molecule has 5 nitrogen and oxygen atoms in total. The smallest absolute Gasteiger partial charge is 0.243 e. The van der Waals surface area contributed by atoms with Crippen LogP contribution in [-0.2, 0) is 11.2 Å². The average molecular weight is 345 g/mol. The van der Waals surface area contributed by atoms with E-state index >= 15 is 0 Å². The molecule has 1 aromatic rings. The summed E-state index contributed by atoms with van der Waals surface area (Å²) < 4.78 is 0. The maximum absolute atomic E-state index is 11.9. The topological polar surface area (TPSA) is 56.7 Å². The van der Waals surface area contributed by atoms with E-state index in [1.807, 2.05) is 6.07 Å². The van der Waals surface area contributed by atoms with Crippen LogP contribution in [0.1, 0.15) is 38.2 Å². The highest BCUT2D eigenvalue weighted by molar-refractivity contribution is 5.84. The van der Waals surface area contributed by atoms with Gasteiger partial charge in [-0.05, 0) is 30.7 Å². The van der Waals surface area contributed by atoms with Crippen LogP contribution < -0.4 is 10.6 Å². The molecule has 1 aliphatic carbocycles. The number of hydrogen-bond donors (Lipinski definition) is 2. The summed E-state index contributed by atoms with van der Waals surface area (Å²) in [4.78, 5) is 17.9. The van der Waals surface area contributed by atoms with Crippen LogP contribution in [0.3, 0.4) is 0 Å². The number of carbonyl (C=O) groups is 1. The molecule has 1 fully saturated rings. The molecular weight excluding hydrogens is 312 g/mol. The van der Waals surface area contributed by atoms with Crippen LogP contribution in [-0.4, -0.2) is 50.0 Å². The molecule has 0 bridgehead atoms. The van der Waals surface area contributed by atoms with Crippen LogP contribution in [0.4, 0.5) is 0 Å². The van der Waals surface area contributed by atoms with Crippen molar-refractivity contribution < 1.29 is 4.79 Å². The molecule has 0 saturated heterocycles. The van der Waals surface area contributed by atoms with Crippen LogP contribution in [0.25, 0.3) is 0 Å². The van der Waals surface area contributed by atoms with Gasteiger partial charge in [-0.3, -0.25) is 4.79 Å². The minimum absolute atomic E-state index is 0.0150. The lowest BCUT2D eigenvalue weighted by Crippen LogP contribution is -2.46. The molecule has 138 valence electrons. The molecule has 2 atom stereocenters. The molecule has 1 amide bonds. The van der Waals surface area contributed by atoms with Crippen molar-refractivity contribution in [1.82, 2.24) is 15.5 Å². The summed E-state index contributed by atoms with van der Waals surface area (Å²) in [7, 11) is 3.52. The van der Waals surface area contributed by atoms with Crippen LogP contribution in [0.5, 0.6) is 0 Å². The number of guanidine groups is 1. The largest absolute Gasteiger partial charge is 0.356 e. The van der Waals surface area contributed by atoms with Crippen LogP contribution in [0.15, 0.2) is 35.3 Å². The predicted octanol–water partition coefficient (Wildman–Crippen LogP) is 2.43. The van der Waals surface area contributed by atoms with E-state index in [0.29, 0.717) is 6.04 Å². The molecule has 0 aliphatic heterocycles. The Bertz CT molecular complexity index is 556. The van der Waals surface area contributed by atoms with E-state index in [0.717, 1.165) is 24.8 Å². The monoisotopic (exact) mass is 344 g/mol. The van der Waals surface area contributed by atoms with Gasteiger partial charge in [-0.15, -0.1) is 0 Å². The van der Waals surface area contributed by atoms with Gasteiger partial charge in [0.2, 0.25) is 5.91 Å². The first-order valence-corrected chi connectivity index (χ1v) is 9.33. The van der Waals surface area contributed by atoms with Gasteiger partial charge in [-0.1, -0.05) is 50.1 Å². The van der Waals surface area contributed by atoms with Gasteiger partial charge in [0.15, 0.2) is 5.96 Å². The van der Waals surface area contributed by atoms with E-state index in [4.69, 9.17) is 0 Å². The summed E-state index contributed by atoms with van der Waals surface area (Å²) in [5.41, 5.74) is 1.30. The summed E-state index contributed by atoms with van der Waals surface area (Å²) in [6, 6.07) is 10.8. The van der Waals surface area contributed by atoms with Crippen molar-refractivity contribution in [1.29, 1.82) is 0 Å². The van der Waals surface area contributed by atoms with Crippen LogP contribution in [0, 0.1) is 5.92 Å². The molecule has 1 aromatic carbocycles. The third kappa shape index (κ3) is 7.16. The standard InChI is InChI=1S/C20H32N4O/c1-16-8-7-11-18(14-16)23-20(22-15-19(25)24(2)3)21-13-12-17-9-5-4-6-10-17/h4-6,9-10,16,18H,7-8,11-15H2,1-3H3,(H2,21,22,23). The highest BCUT2D eigenvalue weighted by atomic mass is 16.2. The fourth-order valence-electron chi connectivity index (χ4n) is 3.17. The number of rotatable bonds is 6. The van der Waals surface area contributed by atoms with Crippen molar-refractivity contribution in [3.8, 4) is 0 Å². The second-order valence-electron chi connectivity index (χ2n) is 7.23. The zero-order valence-electron chi connectivity index (χ0n) is 15.8. The van der Waals surface area contributed by atoms with Gasteiger partial charge in [-0.2, -0.15) is 0 Å². The van der Waals surface area contributed by atoms with Crippen molar-refractivity contribution in [2.75, 3.05) is 27.2 Å². The molecule has 0 aromatic heterocycles. The fraction of sp³-hybridized carbons (Fsp3) is 0.600. The lowest BCUT2D eigenvalue weighted by molar-refractivity contribution is -0.127. The number of hydrogen-bond acceptors (Lipinski definition) is 2. The number of nitrogens with one attached hydrogen (secondary N) is 2. The third-order valence-electron chi connectivity index (χ3n) is 4.70. The lowest BCUT2D eigenvalue weighted by Gasteiger charge is -2.29. The molecule has 25 heavy (non-hydrogen) atoms. The Morgan fingerprint density at radius 1 is 1.24 bits per heavy atom. The van der Waals surface area contributed by atoms with Crippen molar-refractivity contribution in [2.24, 2.45) is 10.9 Å². The minimum atomic E-state index is 0.0150. The second kappa shape index (κ2) is 10.1. The summed E-state index contributed by atoms with van der Waals surface area (Å²) in [5, 5.41) is 6.93. The molecule has 1 saturated carbocycles. The Morgan fingerprint density at radius 2 is 2.00 bits per heavy atom. The van der Waals surface area contributed by atoms with E-state index in [2.05, 4.69) is 46.8 Å². The first-order chi connectivity index (χ1) is 12.0. The van der Waals surface area contributed by atoms with E-state index in [9.17, 15) is 4.79 Å². The maximum Gasteiger partial charge on any atom is 0.243 e. The van der Waals surface area contributed by atoms with E-state index in [-0.39, 0.29) is 12.5 Å². The number of benzene rings is 1. The Morgan fingerprint density at radius 3 is 2.68 bits per heavy atom. The van der Waals surface area contributed by atoms with Crippen molar-refractivity contribution in [2.45, 2.75) is 45.1 Å². The van der Waals surface area contributed by atoms with Gasteiger partial charge in [0.1, 0.15) is 6.54 Å². The molecular formula is C20H32N4O. The quantitative estimate of drug-likeness (QED) is 0.615. The number of amides is 1.